The van der Waals surface area contributed by atoms with Crippen molar-refractivity contribution in [3.63, 3.8) is 0 Å². The largest absolute Gasteiger partial charge is 0.456 e. The van der Waals surface area contributed by atoms with Gasteiger partial charge in [0.25, 0.3) is 5.91 Å². The van der Waals surface area contributed by atoms with Gasteiger partial charge in [0.05, 0.1) is 15.0 Å². The van der Waals surface area contributed by atoms with Gasteiger partial charge in [-0.3, -0.25) is 9.78 Å². The highest BCUT2D eigenvalue weighted by atomic mass is 35.5. The molecule has 0 aliphatic carbocycles. The fourth-order valence-corrected chi connectivity index (χ4v) is 6.64. The van der Waals surface area contributed by atoms with Gasteiger partial charge in [-0.1, -0.05) is 47.2 Å². The number of nitrogens with zero attached hydrogens (tertiary/aromatic N) is 1. The topological polar surface area (TPSA) is 101 Å². The van der Waals surface area contributed by atoms with Crippen LogP contribution in [0, 0.1) is 0 Å². The van der Waals surface area contributed by atoms with Crippen molar-refractivity contribution in [3.05, 3.63) is 51.3 Å². The summed E-state index contributed by atoms with van der Waals surface area (Å²) in [6.45, 7) is 3.40. The number of thiocarbonyl (C=S) groups is 1. The van der Waals surface area contributed by atoms with E-state index in [1.54, 1.807) is 38.4 Å². The Balaban J connectivity index is 1.79. The summed E-state index contributed by atoms with van der Waals surface area (Å²) in [5, 5.41) is 3.18. The number of rotatable bonds is 5. The molecule has 3 heterocycles. The summed E-state index contributed by atoms with van der Waals surface area (Å²) >= 11 is 18.8. The fraction of sp³-hybridized carbons (Fsp3) is 0.150. The van der Waals surface area contributed by atoms with Gasteiger partial charge in [0, 0.05) is 35.5 Å². The number of furan rings is 1. The zero-order valence-corrected chi connectivity index (χ0v) is 20.6. The molecule has 0 saturated carbocycles. The van der Waals surface area contributed by atoms with Crippen LogP contribution in [0.15, 0.2) is 44.8 Å². The number of nitrogens with one attached hydrogen (secondary N) is 2. The van der Waals surface area contributed by atoms with Crippen molar-refractivity contribution in [2.24, 2.45) is 0 Å². The molecule has 166 valence electrons. The van der Waals surface area contributed by atoms with Crippen molar-refractivity contribution < 1.29 is 17.6 Å². The van der Waals surface area contributed by atoms with E-state index in [9.17, 15) is 13.2 Å². The van der Waals surface area contributed by atoms with E-state index in [-0.39, 0.29) is 26.9 Å². The van der Waals surface area contributed by atoms with E-state index < -0.39 is 10.0 Å². The second-order valence-corrected chi connectivity index (χ2v) is 11.3. The zero-order chi connectivity index (χ0) is 23.2. The average molecular weight is 528 g/mol. The molecule has 1 amide bonds. The Bertz CT molecular complexity index is 1390. The SMILES string of the molecule is CC(C)NS(=O)(=O)c1c(Cl)cc(-c2cncc3cc(C=C4SC(=S)NC4=O)oc23)cc1Cl. The average Bonchev–Trinajstić information content (AvgIpc) is 3.21. The maximum atomic E-state index is 12.6. The normalized spacial score (nSPS) is 15.8. The maximum Gasteiger partial charge on any atom is 0.263 e. The molecule has 2 N–H and O–H groups in total. The van der Waals surface area contributed by atoms with Crippen LogP contribution in [0.5, 0.6) is 0 Å². The van der Waals surface area contributed by atoms with Gasteiger partial charge in [-0.2, -0.15) is 0 Å². The Morgan fingerprint density at radius 1 is 1.22 bits per heavy atom. The van der Waals surface area contributed by atoms with Gasteiger partial charge in [-0.05, 0) is 37.6 Å². The summed E-state index contributed by atoms with van der Waals surface area (Å²) in [5.41, 5.74) is 1.58. The molecule has 0 bridgehead atoms. The van der Waals surface area contributed by atoms with Crippen LogP contribution in [0.2, 0.25) is 10.0 Å². The maximum absolute atomic E-state index is 12.6. The van der Waals surface area contributed by atoms with Gasteiger partial charge in [0.1, 0.15) is 20.6 Å². The standard InChI is InChI=1S/C20H15Cl2N3O4S3/c1-9(2)25-32(27,28)18-14(21)4-10(5-15(18)22)13-8-23-7-11-3-12(29-17(11)13)6-16-19(26)24-20(30)31-16/h3-9,25H,1-2H3,(H,24,26,30). The molecule has 0 unspecified atom stereocenters. The first kappa shape index (κ1) is 23.2. The van der Waals surface area contributed by atoms with E-state index in [2.05, 4.69) is 15.0 Å². The number of halogens is 2. The molecule has 0 radical (unpaired) electrons. The molecule has 32 heavy (non-hydrogen) atoms. The summed E-state index contributed by atoms with van der Waals surface area (Å²) in [6, 6.07) is 4.41. The molecular weight excluding hydrogens is 513 g/mol. The number of hydrogen-bond acceptors (Lipinski definition) is 7. The van der Waals surface area contributed by atoms with Crippen molar-refractivity contribution in [1.29, 1.82) is 0 Å². The first-order valence-corrected chi connectivity index (χ1v) is 12.7. The van der Waals surface area contributed by atoms with Crippen molar-refractivity contribution in [2.45, 2.75) is 24.8 Å². The summed E-state index contributed by atoms with van der Waals surface area (Å²) in [4.78, 5) is 16.4. The first-order valence-electron chi connectivity index (χ1n) is 9.19. The molecular formula is C20H15Cl2N3O4S3. The van der Waals surface area contributed by atoms with Crippen LogP contribution in [-0.2, 0) is 14.8 Å². The Kier molecular flexibility index (Phi) is 6.36. The number of amides is 1. The van der Waals surface area contributed by atoms with Crippen LogP contribution in [0.1, 0.15) is 19.6 Å². The number of hydrogen-bond donors (Lipinski definition) is 2. The van der Waals surface area contributed by atoms with Gasteiger partial charge in [0.2, 0.25) is 10.0 Å². The molecule has 3 aromatic rings. The summed E-state index contributed by atoms with van der Waals surface area (Å²) in [6.07, 6.45) is 4.78. The van der Waals surface area contributed by atoms with Gasteiger partial charge >= 0.3 is 0 Å². The highest BCUT2D eigenvalue weighted by Gasteiger charge is 2.25. The minimum Gasteiger partial charge on any atom is -0.456 e. The Labute approximate surface area is 203 Å². The predicted molar refractivity (Wildman–Crippen MR) is 131 cm³/mol. The van der Waals surface area contributed by atoms with E-state index >= 15 is 0 Å². The lowest BCUT2D eigenvalue weighted by Crippen LogP contribution is -2.30. The fourth-order valence-electron chi connectivity index (χ4n) is 3.15. The number of benzene rings is 1. The number of sulfonamides is 1. The van der Waals surface area contributed by atoms with Gasteiger partial charge in [0.15, 0.2) is 0 Å². The second-order valence-electron chi connectivity index (χ2n) is 7.15. The third-order valence-electron chi connectivity index (χ3n) is 4.33. The van der Waals surface area contributed by atoms with Gasteiger partial charge in [-0.15, -0.1) is 0 Å². The number of carbonyl (C=O) groups is 1. The smallest absolute Gasteiger partial charge is 0.263 e. The summed E-state index contributed by atoms with van der Waals surface area (Å²) in [5.74, 6) is 0.151. The third kappa shape index (κ3) is 4.57. The monoisotopic (exact) mass is 527 g/mol. The Morgan fingerprint density at radius 2 is 1.91 bits per heavy atom. The molecule has 0 spiro atoms. The van der Waals surface area contributed by atoms with E-state index in [4.69, 9.17) is 39.8 Å². The number of carbonyl (C=O) groups excluding carboxylic acids is 1. The number of thioether (sulfide) groups is 1. The predicted octanol–water partition coefficient (Wildman–Crippen LogP) is 4.98. The van der Waals surface area contributed by atoms with E-state index in [1.807, 2.05) is 0 Å². The van der Waals surface area contributed by atoms with Crippen molar-refractivity contribution in [2.75, 3.05) is 0 Å². The summed E-state index contributed by atoms with van der Waals surface area (Å²) in [7, 11) is -3.89. The number of fused-ring (bicyclic) bond motifs is 1. The Hall–Kier alpha value is -1.95. The lowest BCUT2D eigenvalue weighted by Gasteiger charge is -2.14. The molecule has 1 aromatic carbocycles. The van der Waals surface area contributed by atoms with Crippen LogP contribution < -0.4 is 10.0 Å². The highest BCUT2D eigenvalue weighted by molar-refractivity contribution is 8.26. The van der Waals surface area contributed by atoms with Crippen LogP contribution in [0.4, 0.5) is 0 Å². The third-order valence-corrected chi connectivity index (χ3v) is 8.07. The molecule has 4 rings (SSSR count). The minimum atomic E-state index is -3.89. The van der Waals surface area contributed by atoms with Crippen LogP contribution in [0.3, 0.4) is 0 Å². The quantitative estimate of drug-likeness (QED) is 0.356. The van der Waals surface area contributed by atoms with Crippen molar-refractivity contribution in [1.82, 2.24) is 15.0 Å². The van der Waals surface area contributed by atoms with Crippen LogP contribution in [0.25, 0.3) is 28.2 Å². The molecule has 2 aromatic heterocycles. The first-order chi connectivity index (χ1) is 15.0. The molecule has 1 fully saturated rings. The van der Waals surface area contributed by atoms with Crippen LogP contribution >= 0.6 is 47.2 Å². The molecule has 7 nitrogen and oxygen atoms in total. The van der Waals surface area contributed by atoms with E-state index in [1.165, 1.54) is 12.1 Å². The van der Waals surface area contributed by atoms with Crippen LogP contribution in [-0.4, -0.2) is 29.7 Å². The zero-order valence-electron chi connectivity index (χ0n) is 16.6. The van der Waals surface area contributed by atoms with E-state index in [0.717, 1.165) is 11.8 Å². The summed E-state index contributed by atoms with van der Waals surface area (Å²) < 4.78 is 34.0. The molecule has 1 aliphatic rings. The highest BCUT2D eigenvalue weighted by Crippen LogP contribution is 2.38. The lowest BCUT2D eigenvalue weighted by atomic mass is 10.1. The lowest BCUT2D eigenvalue weighted by molar-refractivity contribution is -0.115. The van der Waals surface area contributed by atoms with Crippen molar-refractivity contribution >= 4 is 84.5 Å². The number of aromatic nitrogens is 1. The van der Waals surface area contributed by atoms with Crippen molar-refractivity contribution in [3.8, 4) is 11.1 Å². The minimum absolute atomic E-state index is 0.0286. The number of pyridine rings is 1. The van der Waals surface area contributed by atoms with Gasteiger partial charge < -0.3 is 9.73 Å². The Morgan fingerprint density at radius 3 is 2.50 bits per heavy atom. The molecule has 1 saturated heterocycles. The van der Waals surface area contributed by atoms with E-state index in [0.29, 0.717) is 37.1 Å². The second kappa shape index (κ2) is 8.77. The molecule has 12 heteroatoms. The molecule has 1 aliphatic heterocycles. The molecule has 0 atom stereocenters. The van der Waals surface area contributed by atoms with Gasteiger partial charge in [-0.25, -0.2) is 13.1 Å².